The summed E-state index contributed by atoms with van der Waals surface area (Å²) in [6.07, 6.45) is 0. The zero-order chi connectivity index (χ0) is 14.1. The molecule has 0 aliphatic carbocycles. The Bertz CT molecular complexity index is 737. The van der Waals surface area contributed by atoms with Crippen LogP contribution in [0.25, 0.3) is 11.0 Å². The largest absolute Gasteiger partial charge is 0.459 e. The van der Waals surface area contributed by atoms with Crippen LogP contribution >= 0.6 is 0 Å². The smallest absolute Gasteiger partial charge is 0.269 e. The maximum atomic E-state index is 12.1. The first-order valence-corrected chi connectivity index (χ1v) is 6.40. The van der Waals surface area contributed by atoms with Crippen molar-refractivity contribution in [3.8, 4) is 0 Å². The van der Waals surface area contributed by atoms with Crippen LogP contribution in [0, 0.1) is 6.92 Å². The van der Waals surface area contributed by atoms with E-state index in [1.54, 1.807) is 17.8 Å². The lowest BCUT2D eigenvalue weighted by atomic mass is 10.2. The number of carbonyl (C=O) groups is 1. The van der Waals surface area contributed by atoms with Crippen molar-refractivity contribution in [1.29, 1.82) is 0 Å². The van der Waals surface area contributed by atoms with Gasteiger partial charge in [-0.25, -0.2) is 0 Å². The highest BCUT2D eigenvalue weighted by Gasteiger charge is 2.12. The summed E-state index contributed by atoms with van der Waals surface area (Å²) in [5, 5.41) is 8.03. The first-order valence-electron chi connectivity index (χ1n) is 6.40. The van der Waals surface area contributed by atoms with Crippen molar-refractivity contribution in [2.24, 2.45) is 7.05 Å². The molecule has 2 aromatic heterocycles. The number of hydrogen-bond acceptors (Lipinski definition) is 3. The molecule has 2 heterocycles. The van der Waals surface area contributed by atoms with Crippen LogP contribution in [0.2, 0.25) is 0 Å². The number of nitrogens with zero attached hydrogens (tertiary/aromatic N) is 2. The number of fused-ring (bicyclic) bond motifs is 1. The number of aromatic nitrogens is 2. The van der Waals surface area contributed by atoms with Crippen molar-refractivity contribution in [2.75, 3.05) is 0 Å². The minimum atomic E-state index is -0.159. The zero-order valence-electron chi connectivity index (χ0n) is 11.4. The highest BCUT2D eigenvalue weighted by molar-refractivity contribution is 5.92. The summed E-state index contributed by atoms with van der Waals surface area (Å²) in [6, 6.07) is 11.5. The van der Waals surface area contributed by atoms with Gasteiger partial charge >= 0.3 is 0 Å². The van der Waals surface area contributed by atoms with Crippen LogP contribution < -0.4 is 5.32 Å². The fourth-order valence-corrected chi connectivity index (χ4v) is 2.21. The first-order chi connectivity index (χ1) is 9.63. The van der Waals surface area contributed by atoms with E-state index in [1.807, 2.05) is 37.3 Å². The minimum absolute atomic E-state index is 0.159. The number of para-hydroxylation sites is 1. The van der Waals surface area contributed by atoms with Crippen molar-refractivity contribution >= 4 is 16.9 Å². The van der Waals surface area contributed by atoms with E-state index in [0.717, 1.165) is 22.4 Å². The molecule has 0 fully saturated rings. The Kier molecular flexibility index (Phi) is 3.02. The standard InChI is InChI=1S/C15H15N3O2/c1-10-7-13(18(2)17-10)15(19)16-9-12-8-11-5-3-4-6-14(11)20-12/h3-8H,9H2,1-2H3,(H,16,19). The van der Waals surface area contributed by atoms with E-state index in [2.05, 4.69) is 10.4 Å². The second kappa shape index (κ2) is 4.85. The molecule has 20 heavy (non-hydrogen) atoms. The van der Waals surface area contributed by atoms with Crippen LogP contribution in [0.4, 0.5) is 0 Å². The third kappa shape index (κ3) is 2.30. The summed E-state index contributed by atoms with van der Waals surface area (Å²) >= 11 is 0. The SMILES string of the molecule is Cc1cc(C(=O)NCc2cc3ccccc3o2)n(C)n1. The fourth-order valence-electron chi connectivity index (χ4n) is 2.21. The average molecular weight is 269 g/mol. The van der Waals surface area contributed by atoms with E-state index in [-0.39, 0.29) is 5.91 Å². The monoisotopic (exact) mass is 269 g/mol. The number of nitrogens with one attached hydrogen (secondary N) is 1. The maximum Gasteiger partial charge on any atom is 0.269 e. The molecule has 1 amide bonds. The molecule has 0 saturated heterocycles. The van der Waals surface area contributed by atoms with Gasteiger partial charge in [0, 0.05) is 12.4 Å². The van der Waals surface area contributed by atoms with E-state index >= 15 is 0 Å². The van der Waals surface area contributed by atoms with Crippen molar-refractivity contribution in [2.45, 2.75) is 13.5 Å². The van der Waals surface area contributed by atoms with Crippen molar-refractivity contribution in [3.05, 3.63) is 53.5 Å². The summed E-state index contributed by atoms with van der Waals surface area (Å²) in [4.78, 5) is 12.1. The first kappa shape index (κ1) is 12.5. The highest BCUT2D eigenvalue weighted by atomic mass is 16.3. The Morgan fingerprint density at radius 1 is 1.35 bits per heavy atom. The molecule has 3 rings (SSSR count). The lowest BCUT2D eigenvalue weighted by molar-refractivity contribution is 0.0939. The third-order valence-corrected chi connectivity index (χ3v) is 3.13. The molecule has 1 N–H and O–H groups in total. The van der Waals surface area contributed by atoms with Gasteiger partial charge < -0.3 is 9.73 Å². The number of rotatable bonds is 3. The molecule has 0 spiro atoms. The van der Waals surface area contributed by atoms with E-state index in [0.29, 0.717) is 12.2 Å². The van der Waals surface area contributed by atoms with Gasteiger partial charge in [0.15, 0.2) is 0 Å². The molecule has 0 aliphatic rings. The molecule has 0 bridgehead atoms. The second-order valence-electron chi connectivity index (χ2n) is 4.73. The van der Waals surface area contributed by atoms with E-state index in [4.69, 9.17) is 4.42 Å². The Labute approximate surface area is 116 Å². The molecule has 0 radical (unpaired) electrons. The molecule has 0 unspecified atom stereocenters. The molecule has 102 valence electrons. The number of benzene rings is 1. The number of furan rings is 1. The third-order valence-electron chi connectivity index (χ3n) is 3.13. The lowest BCUT2D eigenvalue weighted by Gasteiger charge is -2.02. The molecule has 5 nitrogen and oxygen atoms in total. The maximum absolute atomic E-state index is 12.1. The molecule has 5 heteroatoms. The van der Waals surface area contributed by atoms with Gasteiger partial charge in [0.2, 0.25) is 0 Å². The van der Waals surface area contributed by atoms with Crippen LogP contribution in [0.1, 0.15) is 21.9 Å². The Hall–Kier alpha value is -2.56. The molecule has 3 aromatic rings. The Morgan fingerprint density at radius 2 is 2.15 bits per heavy atom. The average Bonchev–Trinajstić information content (AvgIpc) is 2.98. The van der Waals surface area contributed by atoms with Crippen LogP contribution in [0.3, 0.4) is 0 Å². The predicted octanol–water partition coefficient (Wildman–Crippen LogP) is 2.40. The minimum Gasteiger partial charge on any atom is -0.459 e. The number of amides is 1. The molecule has 0 atom stereocenters. The summed E-state index contributed by atoms with van der Waals surface area (Å²) in [5.74, 6) is 0.576. The zero-order valence-corrected chi connectivity index (χ0v) is 11.4. The predicted molar refractivity (Wildman–Crippen MR) is 75.3 cm³/mol. The highest BCUT2D eigenvalue weighted by Crippen LogP contribution is 2.18. The summed E-state index contributed by atoms with van der Waals surface area (Å²) in [6.45, 7) is 2.22. The van der Waals surface area contributed by atoms with Gasteiger partial charge in [0.05, 0.1) is 12.2 Å². The molecular weight excluding hydrogens is 254 g/mol. The van der Waals surface area contributed by atoms with Crippen molar-refractivity contribution < 1.29 is 9.21 Å². The quantitative estimate of drug-likeness (QED) is 0.794. The molecule has 0 saturated carbocycles. The van der Waals surface area contributed by atoms with Crippen molar-refractivity contribution in [3.63, 3.8) is 0 Å². The van der Waals surface area contributed by atoms with Gasteiger partial charge in [-0.05, 0) is 25.1 Å². The molecule has 0 aliphatic heterocycles. The summed E-state index contributed by atoms with van der Waals surface area (Å²) in [5.41, 5.74) is 2.19. The van der Waals surface area contributed by atoms with Gasteiger partial charge in [-0.15, -0.1) is 0 Å². The van der Waals surface area contributed by atoms with Gasteiger partial charge in [-0.2, -0.15) is 5.10 Å². The number of aryl methyl sites for hydroxylation is 2. The topological polar surface area (TPSA) is 60.1 Å². The normalized spacial score (nSPS) is 10.9. The summed E-state index contributed by atoms with van der Waals surface area (Å²) < 4.78 is 7.23. The van der Waals surface area contributed by atoms with Gasteiger partial charge in [0.25, 0.3) is 5.91 Å². The lowest BCUT2D eigenvalue weighted by Crippen LogP contribution is -2.24. The van der Waals surface area contributed by atoms with E-state index in [1.165, 1.54) is 0 Å². The van der Waals surface area contributed by atoms with Gasteiger partial charge in [0.1, 0.15) is 17.0 Å². The second-order valence-corrected chi connectivity index (χ2v) is 4.73. The van der Waals surface area contributed by atoms with E-state index < -0.39 is 0 Å². The van der Waals surface area contributed by atoms with Crippen LogP contribution in [0.15, 0.2) is 40.8 Å². The Balaban J connectivity index is 1.73. The van der Waals surface area contributed by atoms with Crippen LogP contribution in [-0.4, -0.2) is 15.7 Å². The number of carbonyl (C=O) groups excluding carboxylic acids is 1. The molecular formula is C15H15N3O2. The summed E-state index contributed by atoms with van der Waals surface area (Å²) in [7, 11) is 1.75. The van der Waals surface area contributed by atoms with Crippen LogP contribution in [0.5, 0.6) is 0 Å². The molecule has 1 aromatic carbocycles. The van der Waals surface area contributed by atoms with E-state index in [9.17, 15) is 4.79 Å². The van der Waals surface area contributed by atoms with Crippen molar-refractivity contribution in [1.82, 2.24) is 15.1 Å². The fraction of sp³-hybridized carbons (Fsp3) is 0.200. The van der Waals surface area contributed by atoms with Gasteiger partial charge in [-0.3, -0.25) is 9.48 Å². The Morgan fingerprint density at radius 3 is 2.85 bits per heavy atom. The van der Waals surface area contributed by atoms with Crippen LogP contribution in [-0.2, 0) is 13.6 Å². The van der Waals surface area contributed by atoms with Gasteiger partial charge in [-0.1, -0.05) is 18.2 Å². The number of hydrogen-bond donors (Lipinski definition) is 1.